The number of ether oxygens (including phenoxy) is 1. The van der Waals surface area contributed by atoms with Crippen LogP contribution in [0.15, 0.2) is 12.3 Å². The summed E-state index contributed by atoms with van der Waals surface area (Å²) >= 11 is 0. The van der Waals surface area contributed by atoms with Gasteiger partial charge in [-0.15, -0.1) is 0 Å². The van der Waals surface area contributed by atoms with Gasteiger partial charge < -0.3 is 20.3 Å². The normalized spacial score (nSPS) is 26.3. The predicted octanol–water partition coefficient (Wildman–Crippen LogP) is -0.400. The lowest BCUT2D eigenvalue weighted by molar-refractivity contribution is -0.107. The Bertz CT molecular complexity index is 500. The topological polar surface area (TPSA) is 91.7 Å². The number of aromatic nitrogens is 1. The number of carbonyl (C=O) groups excluding carboxylic acids is 1. The fourth-order valence-electron chi connectivity index (χ4n) is 2.01. The third-order valence-electron chi connectivity index (χ3n) is 3.07. The first-order valence-electron chi connectivity index (χ1n) is 6.05. The number of nitrogens with zero attached hydrogens (tertiary/aromatic N) is 1. The van der Waals surface area contributed by atoms with Crippen molar-refractivity contribution in [2.75, 3.05) is 13.2 Å². The smallest absolute Gasteiger partial charge is 0.273 e. The van der Waals surface area contributed by atoms with Crippen LogP contribution in [0.1, 0.15) is 16.9 Å². The van der Waals surface area contributed by atoms with E-state index in [4.69, 9.17) is 9.84 Å². The number of amides is 1. The lowest BCUT2D eigenvalue weighted by atomic mass is 10.00. The molecule has 1 saturated heterocycles. The zero-order valence-electron chi connectivity index (χ0n) is 10.4. The molecule has 0 saturated carbocycles. The molecule has 0 aromatic carbocycles. The van der Waals surface area contributed by atoms with Crippen molar-refractivity contribution in [2.45, 2.75) is 24.7 Å². The zero-order chi connectivity index (χ0) is 14.7. The van der Waals surface area contributed by atoms with Crippen LogP contribution in [0.4, 0.5) is 8.78 Å². The van der Waals surface area contributed by atoms with Gasteiger partial charge in [0.25, 0.3) is 5.91 Å². The van der Waals surface area contributed by atoms with Gasteiger partial charge in [-0.2, -0.15) is 0 Å². The molecule has 1 fully saturated rings. The highest BCUT2D eigenvalue weighted by Gasteiger charge is 2.34. The molecule has 0 spiro atoms. The Labute approximate surface area is 113 Å². The number of pyridine rings is 1. The van der Waals surface area contributed by atoms with E-state index in [0.29, 0.717) is 12.5 Å². The number of rotatable bonds is 3. The molecule has 110 valence electrons. The molecule has 2 heterocycles. The second-order valence-corrected chi connectivity index (χ2v) is 4.44. The first-order valence-corrected chi connectivity index (χ1v) is 6.05. The summed E-state index contributed by atoms with van der Waals surface area (Å²) in [7, 11) is 0. The van der Waals surface area contributed by atoms with Gasteiger partial charge in [0.2, 0.25) is 0 Å². The summed E-state index contributed by atoms with van der Waals surface area (Å²) < 4.78 is 31.2. The molecule has 1 aliphatic heterocycles. The lowest BCUT2D eigenvalue weighted by Gasteiger charge is -2.34. The van der Waals surface area contributed by atoms with E-state index in [2.05, 4.69) is 10.3 Å². The fourth-order valence-corrected chi connectivity index (χ4v) is 2.01. The molecule has 1 aromatic heterocycles. The minimum atomic E-state index is -1.11. The molecule has 20 heavy (non-hydrogen) atoms. The Morgan fingerprint density at radius 1 is 1.55 bits per heavy atom. The Morgan fingerprint density at radius 2 is 2.30 bits per heavy atom. The maximum atomic E-state index is 13.4. The van der Waals surface area contributed by atoms with Gasteiger partial charge in [0.15, 0.2) is 11.5 Å². The highest BCUT2D eigenvalue weighted by atomic mass is 19.1. The molecule has 0 bridgehead atoms. The predicted molar refractivity (Wildman–Crippen MR) is 62.9 cm³/mol. The van der Waals surface area contributed by atoms with Gasteiger partial charge >= 0.3 is 0 Å². The van der Waals surface area contributed by atoms with E-state index in [1.807, 2.05) is 0 Å². The SMILES string of the molecule is O=C(N[C@H]1CCO[C@H](CO)[C@H]1O)c1ncc(F)cc1F. The summed E-state index contributed by atoms with van der Waals surface area (Å²) in [5.74, 6) is -2.82. The summed E-state index contributed by atoms with van der Waals surface area (Å²) in [5.41, 5.74) is -0.550. The molecule has 1 aliphatic rings. The minimum Gasteiger partial charge on any atom is -0.394 e. The molecule has 1 aromatic rings. The van der Waals surface area contributed by atoms with Crippen LogP contribution in [0.5, 0.6) is 0 Å². The van der Waals surface area contributed by atoms with Crippen LogP contribution in [0.3, 0.4) is 0 Å². The maximum Gasteiger partial charge on any atom is 0.273 e. The molecule has 0 unspecified atom stereocenters. The van der Waals surface area contributed by atoms with Crippen molar-refractivity contribution in [3.8, 4) is 0 Å². The van der Waals surface area contributed by atoms with Crippen molar-refractivity contribution >= 4 is 5.91 Å². The summed E-state index contributed by atoms with van der Waals surface area (Å²) in [5, 5.41) is 21.3. The van der Waals surface area contributed by atoms with Crippen molar-refractivity contribution in [3.05, 3.63) is 29.6 Å². The summed E-state index contributed by atoms with van der Waals surface area (Å²) in [6, 6.07) is -0.140. The average Bonchev–Trinajstić information content (AvgIpc) is 2.41. The van der Waals surface area contributed by atoms with Crippen molar-refractivity contribution < 1.29 is 28.5 Å². The molecular formula is C12H14F2N2O4. The molecule has 6 nitrogen and oxygen atoms in total. The van der Waals surface area contributed by atoms with E-state index in [9.17, 15) is 18.7 Å². The summed E-state index contributed by atoms with van der Waals surface area (Å²) in [4.78, 5) is 15.2. The lowest BCUT2D eigenvalue weighted by Crippen LogP contribution is -2.54. The molecule has 3 atom stereocenters. The van der Waals surface area contributed by atoms with Crippen molar-refractivity contribution in [1.29, 1.82) is 0 Å². The van der Waals surface area contributed by atoms with E-state index in [1.54, 1.807) is 0 Å². The number of aliphatic hydroxyl groups excluding tert-OH is 2. The molecule has 3 N–H and O–H groups in total. The number of halogens is 2. The van der Waals surface area contributed by atoms with E-state index >= 15 is 0 Å². The standard InChI is InChI=1S/C12H14F2N2O4/c13-6-3-7(14)10(15-4-6)12(19)16-8-1-2-20-9(5-17)11(8)18/h3-4,8-9,11,17-18H,1-2,5H2,(H,16,19)/t8-,9+,11-/m0/s1. The van der Waals surface area contributed by atoms with Crippen molar-refractivity contribution in [3.63, 3.8) is 0 Å². The van der Waals surface area contributed by atoms with Gasteiger partial charge in [0.1, 0.15) is 18.0 Å². The largest absolute Gasteiger partial charge is 0.394 e. The quantitative estimate of drug-likeness (QED) is 0.704. The second kappa shape index (κ2) is 6.21. The van der Waals surface area contributed by atoms with Gasteiger partial charge in [-0.3, -0.25) is 4.79 Å². The van der Waals surface area contributed by atoms with Gasteiger partial charge in [-0.05, 0) is 6.42 Å². The third kappa shape index (κ3) is 3.09. The van der Waals surface area contributed by atoms with E-state index in [-0.39, 0.29) is 6.61 Å². The maximum absolute atomic E-state index is 13.4. The number of hydrogen-bond acceptors (Lipinski definition) is 5. The van der Waals surface area contributed by atoms with Crippen LogP contribution in [0.2, 0.25) is 0 Å². The van der Waals surface area contributed by atoms with E-state index < -0.39 is 48.1 Å². The highest BCUT2D eigenvalue weighted by molar-refractivity contribution is 5.92. The van der Waals surface area contributed by atoms with Gasteiger partial charge in [0, 0.05) is 12.7 Å². The van der Waals surface area contributed by atoms with Crippen molar-refractivity contribution in [1.82, 2.24) is 10.3 Å². The first kappa shape index (κ1) is 14.8. The first-order chi connectivity index (χ1) is 9.52. The van der Waals surface area contributed by atoms with E-state index in [1.165, 1.54) is 0 Å². The summed E-state index contributed by atoms with van der Waals surface area (Å²) in [6.45, 7) is -0.150. The van der Waals surface area contributed by atoms with Gasteiger partial charge in [0.05, 0.1) is 18.8 Å². The second-order valence-electron chi connectivity index (χ2n) is 4.44. The van der Waals surface area contributed by atoms with Crippen LogP contribution in [-0.4, -0.2) is 52.6 Å². The van der Waals surface area contributed by atoms with Crippen LogP contribution in [0.25, 0.3) is 0 Å². The third-order valence-corrected chi connectivity index (χ3v) is 3.07. The average molecular weight is 288 g/mol. The molecular weight excluding hydrogens is 274 g/mol. The molecule has 2 rings (SSSR count). The summed E-state index contributed by atoms with van der Waals surface area (Å²) in [6.07, 6.45) is -0.873. The van der Waals surface area contributed by atoms with Crippen LogP contribution >= 0.6 is 0 Å². The number of nitrogens with one attached hydrogen (secondary N) is 1. The monoisotopic (exact) mass is 288 g/mol. The van der Waals surface area contributed by atoms with E-state index in [0.717, 1.165) is 6.20 Å². The fraction of sp³-hybridized carbons (Fsp3) is 0.500. The molecule has 1 amide bonds. The zero-order valence-corrected chi connectivity index (χ0v) is 10.4. The Hall–Kier alpha value is -1.64. The van der Waals surface area contributed by atoms with Gasteiger partial charge in [-0.1, -0.05) is 0 Å². The Kier molecular flexibility index (Phi) is 4.58. The number of carbonyl (C=O) groups is 1. The molecule has 8 heteroatoms. The van der Waals surface area contributed by atoms with Crippen LogP contribution < -0.4 is 5.32 Å². The molecule has 0 aliphatic carbocycles. The highest BCUT2D eigenvalue weighted by Crippen LogP contribution is 2.15. The van der Waals surface area contributed by atoms with Crippen LogP contribution in [-0.2, 0) is 4.74 Å². The minimum absolute atomic E-state index is 0.243. The Morgan fingerprint density at radius 3 is 2.95 bits per heavy atom. The van der Waals surface area contributed by atoms with Crippen LogP contribution in [0, 0.1) is 11.6 Å². The molecule has 0 radical (unpaired) electrons. The Balaban J connectivity index is 2.07. The number of hydrogen-bond donors (Lipinski definition) is 3. The van der Waals surface area contributed by atoms with Gasteiger partial charge in [-0.25, -0.2) is 13.8 Å². The number of aliphatic hydroxyl groups is 2. The van der Waals surface area contributed by atoms with Crippen molar-refractivity contribution in [2.24, 2.45) is 0 Å².